The fourth-order valence-electron chi connectivity index (χ4n) is 4.36. The standard InChI is InChI=1S/C26H32N4O4S/c1-3-14-29(21-8-6-5-7-9-21)26(31)13-12-25-27-23-20-22(10-11-24(23)30(25)15-4-2)35(32,33)28-16-18-34-19-17-28/h3,5-11,20H,1,4,12-19H2,2H3. The number of carbonyl (C=O) groups excluding carboxylic acids is 1. The predicted octanol–water partition coefficient (Wildman–Crippen LogP) is 3.62. The molecule has 1 aliphatic heterocycles. The van der Waals surface area contributed by atoms with Gasteiger partial charge in [-0.15, -0.1) is 6.58 Å². The van der Waals surface area contributed by atoms with Crippen molar-refractivity contribution in [2.24, 2.45) is 0 Å². The topological polar surface area (TPSA) is 84.7 Å². The third-order valence-electron chi connectivity index (χ3n) is 6.10. The molecule has 0 N–H and O–H groups in total. The number of nitrogens with zero attached hydrogens (tertiary/aromatic N) is 4. The van der Waals surface area contributed by atoms with Gasteiger partial charge in [0.15, 0.2) is 0 Å². The molecular formula is C26H32N4O4S. The van der Waals surface area contributed by atoms with Crippen molar-refractivity contribution >= 4 is 32.7 Å². The van der Waals surface area contributed by atoms with Crippen LogP contribution in [-0.4, -0.2) is 61.0 Å². The lowest BCUT2D eigenvalue weighted by atomic mass is 10.2. The third kappa shape index (κ3) is 5.47. The van der Waals surface area contributed by atoms with Crippen molar-refractivity contribution in [2.75, 3.05) is 37.7 Å². The first-order chi connectivity index (χ1) is 17.0. The molecule has 0 spiro atoms. The van der Waals surface area contributed by atoms with Crippen LogP contribution >= 0.6 is 0 Å². The second-order valence-electron chi connectivity index (χ2n) is 8.48. The van der Waals surface area contributed by atoms with Gasteiger partial charge >= 0.3 is 0 Å². The minimum Gasteiger partial charge on any atom is -0.379 e. The van der Waals surface area contributed by atoms with E-state index in [1.165, 1.54) is 4.31 Å². The summed E-state index contributed by atoms with van der Waals surface area (Å²) in [5.74, 6) is 0.768. The number of benzene rings is 2. The van der Waals surface area contributed by atoms with Crippen LogP contribution in [0.5, 0.6) is 0 Å². The molecule has 8 nitrogen and oxygen atoms in total. The molecule has 0 atom stereocenters. The maximum absolute atomic E-state index is 13.1. The van der Waals surface area contributed by atoms with Crippen molar-refractivity contribution in [3.05, 3.63) is 67.0 Å². The first-order valence-electron chi connectivity index (χ1n) is 12.0. The molecular weight excluding hydrogens is 464 g/mol. The van der Waals surface area contributed by atoms with E-state index >= 15 is 0 Å². The Morgan fingerprint density at radius 2 is 1.91 bits per heavy atom. The number of fused-ring (bicyclic) bond motifs is 1. The average molecular weight is 497 g/mol. The Morgan fingerprint density at radius 1 is 1.17 bits per heavy atom. The minimum absolute atomic E-state index is 0.0122. The number of para-hydroxylation sites is 1. The number of imidazole rings is 1. The maximum Gasteiger partial charge on any atom is 0.243 e. The molecule has 0 saturated carbocycles. The fourth-order valence-corrected chi connectivity index (χ4v) is 5.79. The first kappa shape index (κ1) is 25.1. The van der Waals surface area contributed by atoms with Crippen LogP contribution in [0.15, 0.2) is 66.1 Å². The largest absolute Gasteiger partial charge is 0.379 e. The van der Waals surface area contributed by atoms with Crippen LogP contribution in [0.3, 0.4) is 0 Å². The van der Waals surface area contributed by atoms with Gasteiger partial charge < -0.3 is 14.2 Å². The molecule has 1 fully saturated rings. The van der Waals surface area contributed by atoms with Gasteiger partial charge in [0.25, 0.3) is 0 Å². The minimum atomic E-state index is -3.61. The Kier molecular flexibility index (Phi) is 8.00. The predicted molar refractivity (Wildman–Crippen MR) is 137 cm³/mol. The third-order valence-corrected chi connectivity index (χ3v) is 7.99. The summed E-state index contributed by atoms with van der Waals surface area (Å²) in [5.41, 5.74) is 2.33. The second kappa shape index (κ2) is 11.2. The number of carbonyl (C=O) groups is 1. The summed E-state index contributed by atoms with van der Waals surface area (Å²) >= 11 is 0. The van der Waals surface area contributed by atoms with Crippen LogP contribution in [-0.2, 0) is 32.5 Å². The number of aryl methyl sites for hydroxylation is 2. The number of ether oxygens (including phenoxy) is 1. The van der Waals surface area contributed by atoms with Gasteiger partial charge in [0, 0.05) is 44.7 Å². The maximum atomic E-state index is 13.1. The Bertz CT molecular complexity index is 1280. The molecule has 1 saturated heterocycles. The summed E-state index contributed by atoms with van der Waals surface area (Å²) in [6.07, 6.45) is 3.36. The molecule has 3 aromatic rings. The Morgan fingerprint density at radius 3 is 2.60 bits per heavy atom. The summed E-state index contributed by atoms with van der Waals surface area (Å²) in [7, 11) is -3.61. The number of hydrogen-bond acceptors (Lipinski definition) is 5. The average Bonchev–Trinajstić information content (AvgIpc) is 3.23. The van der Waals surface area contributed by atoms with E-state index < -0.39 is 10.0 Å². The molecule has 1 amide bonds. The molecule has 0 aliphatic carbocycles. The quantitative estimate of drug-likeness (QED) is 0.400. The smallest absolute Gasteiger partial charge is 0.243 e. The van der Waals surface area contributed by atoms with Gasteiger partial charge in [-0.3, -0.25) is 4.79 Å². The van der Waals surface area contributed by atoms with E-state index in [2.05, 4.69) is 18.1 Å². The summed E-state index contributed by atoms with van der Waals surface area (Å²) < 4.78 is 35.1. The highest BCUT2D eigenvalue weighted by Crippen LogP contribution is 2.25. The SMILES string of the molecule is C=CCN(C(=O)CCc1nc2cc(S(=O)(=O)N3CCOCC3)ccc2n1CCC)c1ccccc1. The monoisotopic (exact) mass is 496 g/mol. The highest BCUT2D eigenvalue weighted by molar-refractivity contribution is 7.89. The number of hydrogen-bond donors (Lipinski definition) is 0. The molecule has 9 heteroatoms. The zero-order valence-corrected chi connectivity index (χ0v) is 20.9. The van der Waals surface area contributed by atoms with Gasteiger partial charge in [-0.25, -0.2) is 13.4 Å². The number of amides is 1. The van der Waals surface area contributed by atoms with E-state index in [4.69, 9.17) is 9.72 Å². The lowest BCUT2D eigenvalue weighted by molar-refractivity contribution is -0.118. The molecule has 0 unspecified atom stereocenters. The van der Waals surface area contributed by atoms with Gasteiger partial charge in [-0.05, 0) is 36.8 Å². The molecule has 2 aromatic carbocycles. The van der Waals surface area contributed by atoms with Crippen molar-refractivity contribution in [2.45, 2.75) is 37.6 Å². The van der Waals surface area contributed by atoms with Gasteiger partial charge in [-0.2, -0.15) is 4.31 Å². The fraction of sp³-hybridized carbons (Fsp3) is 0.385. The van der Waals surface area contributed by atoms with Crippen molar-refractivity contribution in [3.63, 3.8) is 0 Å². The number of sulfonamides is 1. The van der Waals surface area contributed by atoms with Gasteiger partial charge in [-0.1, -0.05) is 31.2 Å². The zero-order valence-electron chi connectivity index (χ0n) is 20.1. The number of morpholine rings is 1. The highest BCUT2D eigenvalue weighted by atomic mass is 32.2. The summed E-state index contributed by atoms with van der Waals surface area (Å²) in [6.45, 7) is 8.53. The Balaban J connectivity index is 1.59. The first-order valence-corrected chi connectivity index (χ1v) is 13.4. The highest BCUT2D eigenvalue weighted by Gasteiger charge is 2.27. The molecule has 4 rings (SSSR count). The molecule has 1 aliphatic rings. The molecule has 2 heterocycles. The van der Waals surface area contributed by atoms with E-state index in [0.717, 1.165) is 30.0 Å². The molecule has 0 radical (unpaired) electrons. The van der Waals surface area contributed by atoms with Crippen LogP contribution < -0.4 is 4.90 Å². The normalized spacial score (nSPS) is 14.8. The second-order valence-corrected chi connectivity index (χ2v) is 10.4. The van der Waals surface area contributed by atoms with Crippen molar-refractivity contribution < 1.29 is 17.9 Å². The Labute approximate surface area is 206 Å². The van der Waals surface area contributed by atoms with Gasteiger partial charge in [0.2, 0.25) is 15.9 Å². The van der Waals surface area contributed by atoms with E-state index in [-0.39, 0.29) is 17.2 Å². The van der Waals surface area contributed by atoms with Crippen LogP contribution in [0, 0.1) is 0 Å². The molecule has 35 heavy (non-hydrogen) atoms. The van der Waals surface area contributed by atoms with Crippen molar-refractivity contribution in [1.82, 2.24) is 13.9 Å². The number of anilines is 1. The van der Waals surface area contributed by atoms with E-state index in [9.17, 15) is 13.2 Å². The molecule has 186 valence electrons. The molecule has 0 bridgehead atoms. The summed E-state index contributed by atoms with van der Waals surface area (Å²) in [6, 6.07) is 14.7. The van der Waals surface area contributed by atoms with Gasteiger partial charge in [0.1, 0.15) is 5.82 Å². The van der Waals surface area contributed by atoms with Crippen LogP contribution in [0.4, 0.5) is 5.69 Å². The number of rotatable bonds is 10. The number of aromatic nitrogens is 2. The van der Waals surface area contributed by atoms with E-state index in [1.807, 2.05) is 36.4 Å². The van der Waals surface area contributed by atoms with Crippen LogP contribution in [0.1, 0.15) is 25.6 Å². The van der Waals surface area contributed by atoms with Crippen LogP contribution in [0.25, 0.3) is 11.0 Å². The Hall–Kier alpha value is -3.01. The van der Waals surface area contributed by atoms with Crippen molar-refractivity contribution in [3.8, 4) is 0 Å². The molecule has 1 aromatic heterocycles. The van der Waals surface area contributed by atoms with E-state index in [1.54, 1.807) is 23.1 Å². The van der Waals surface area contributed by atoms with Crippen LogP contribution in [0.2, 0.25) is 0 Å². The summed E-state index contributed by atoms with van der Waals surface area (Å²) in [5, 5.41) is 0. The lowest BCUT2D eigenvalue weighted by Crippen LogP contribution is -2.40. The van der Waals surface area contributed by atoms with Gasteiger partial charge in [0.05, 0.1) is 29.1 Å². The lowest BCUT2D eigenvalue weighted by Gasteiger charge is -2.26. The summed E-state index contributed by atoms with van der Waals surface area (Å²) in [4.78, 5) is 19.8. The zero-order chi connectivity index (χ0) is 24.8. The van der Waals surface area contributed by atoms with E-state index in [0.29, 0.717) is 44.8 Å². The van der Waals surface area contributed by atoms with Crippen molar-refractivity contribution in [1.29, 1.82) is 0 Å².